The first kappa shape index (κ1) is 20.8. The number of hydrogen-bond donors (Lipinski definition) is 2. The van der Waals surface area contributed by atoms with E-state index in [0.717, 1.165) is 58.3 Å². The number of carbonyl (C=O) groups excluding carboxylic acids is 2. The SMILES string of the molecule is NCCC(=O)N1CCC(N2CCC[C@@H](C(=O)NCCc3ccccc3)C2)CC1. The molecule has 1 aromatic rings. The Labute approximate surface area is 168 Å². The maximum atomic E-state index is 12.6. The molecule has 2 heterocycles. The van der Waals surface area contributed by atoms with Gasteiger partial charge in [0.1, 0.15) is 0 Å². The summed E-state index contributed by atoms with van der Waals surface area (Å²) in [4.78, 5) is 29.1. The minimum atomic E-state index is 0.0847. The van der Waals surface area contributed by atoms with Crippen molar-refractivity contribution >= 4 is 11.8 Å². The van der Waals surface area contributed by atoms with E-state index in [2.05, 4.69) is 22.3 Å². The fourth-order valence-electron chi connectivity index (χ4n) is 4.43. The summed E-state index contributed by atoms with van der Waals surface area (Å²) in [6, 6.07) is 10.8. The molecule has 2 aliphatic rings. The third-order valence-electron chi connectivity index (χ3n) is 6.07. The van der Waals surface area contributed by atoms with Crippen molar-refractivity contribution in [2.45, 2.75) is 44.6 Å². The minimum Gasteiger partial charge on any atom is -0.355 e. The van der Waals surface area contributed by atoms with E-state index in [1.165, 1.54) is 5.56 Å². The summed E-state index contributed by atoms with van der Waals surface area (Å²) < 4.78 is 0. The summed E-state index contributed by atoms with van der Waals surface area (Å²) in [5.41, 5.74) is 6.75. The molecule has 2 saturated heterocycles. The summed E-state index contributed by atoms with van der Waals surface area (Å²) >= 11 is 0. The Morgan fingerprint density at radius 3 is 2.54 bits per heavy atom. The number of nitrogens with two attached hydrogens (primary N) is 1. The van der Waals surface area contributed by atoms with Crippen molar-refractivity contribution < 1.29 is 9.59 Å². The predicted molar refractivity (Wildman–Crippen MR) is 111 cm³/mol. The van der Waals surface area contributed by atoms with Gasteiger partial charge < -0.3 is 16.0 Å². The average Bonchev–Trinajstić information content (AvgIpc) is 2.75. The maximum Gasteiger partial charge on any atom is 0.224 e. The highest BCUT2D eigenvalue weighted by molar-refractivity contribution is 5.79. The minimum absolute atomic E-state index is 0.0847. The summed E-state index contributed by atoms with van der Waals surface area (Å²) in [7, 11) is 0. The molecule has 2 aliphatic heterocycles. The van der Waals surface area contributed by atoms with Crippen LogP contribution in [-0.2, 0) is 16.0 Å². The lowest BCUT2D eigenvalue weighted by atomic mass is 9.93. The fourth-order valence-corrected chi connectivity index (χ4v) is 4.43. The Hall–Kier alpha value is -1.92. The number of benzene rings is 1. The van der Waals surface area contributed by atoms with Gasteiger partial charge in [0, 0.05) is 45.2 Å². The number of nitrogens with zero attached hydrogens (tertiary/aromatic N) is 2. The molecule has 0 radical (unpaired) electrons. The first-order chi connectivity index (χ1) is 13.7. The van der Waals surface area contributed by atoms with E-state index in [1.807, 2.05) is 23.1 Å². The molecule has 3 N–H and O–H groups in total. The van der Waals surface area contributed by atoms with Crippen LogP contribution in [0.5, 0.6) is 0 Å². The van der Waals surface area contributed by atoms with Gasteiger partial charge >= 0.3 is 0 Å². The first-order valence-corrected chi connectivity index (χ1v) is 10.7. The van der Waals surface area contributed by atoms with Gasteiger partial charge in [-0.25, -0.2) is 0 Å². The number of likely N-dealkylation sites (tertiary alicyclic amines) is 2. The molecule has 0 spiro atoms. The van der Waals surface area contributed by atoms with E-state index in [-0.39, 0.29) is 17.7 Å². The van der Waals surface area contributed by atoms with Crippen molar-refractivity contribution in [1.29, 1.82) is 0 Å². The summed E-state index contributed by atoms with van der Waals surface area (Å²) in [5, 5.41) is 3.13. The quantitative estimate of drug-likeness (QED) is 0.742. The lowest BCUT2D eigenvalue weighted by Crippen LogP contribution is -2.51. The maximum absolute atomic E-state index is 12.6. The molecule has 0 unspecified atom stereocenters. The van der Waals surface area contributed by atoms with Crippen LogP contribution in [0.1, 0.15) is 37.7 Å². The molecule has 2 amide bonds. The number of nitrogens with one attached hydrogen (secondary N) is 1. The number of rotatable bonds is 7. The predicted octanol–water partition coefficient (Wildman–Crippen LogP) is 1.40. The van der Waals surface area contributed by atoms with Crippen LogP contribution in [0.25, 0.3) is 0 Å². The highest BCUT2D eigenvalue weighted by Crippen LogP contribution is 2.24. The van der Waals surface area contributed by atoms with E-state index in [4.69, 9.17) is 5.73 Å². The zero-order valence-corrected chi connectivity index (χ0v) is 16.8. The van der Waals surface area contributed by atoms with Gasteiger partial charge in [-0.05, 0) is 44.2 Å². The van der Waals surface area contributed by atoms with Crippen LogP contribution in [0, 0.1) is 5.92 Å². The molecule has 0 aromatic heterocycles. The normalized spacial score (nSPS) is 21.5. The van der Waals surface area contributed by atoms with Crippen LogP contribution in [0.3, 0.4) is 0 Å². The van der Waals surface area contributed by atoms with Crippen LogP contribution < -0.4 is 11.1 Å². The first-order valence-electron chi connectivity index (χ1n) is 10.7. The van der Waals surface area contributed by atoms with Crippen LogP contribution in [0.4, 0.5) is 0 Å². The molecule has 0 aliphatic carbocycles. The molecule has 0 bridgehead atoms. The van der Waals surface area contributed by atoms with E-state index in [9.17, 15) is 9.59 Å². The third kappa shape index (κ3) is 5.79. The second kappa shape index (κ2) is 10.6. The third-order valence-corrected chi connectivity index (χ3v) is 6.07. The van der Waals surface area contributed by atoms with Crippen LogP contribution in [0.15, 0.2) is 30.3 Å². The van der Waals surface area contributed by atoms with Gasteiger partial charge in [-0.1, -0.05) is 30.3 Å². The van der Waals surface area contributed by atoms with Gasteiger partial charge in [0.2, 0.25) is 11.8 Å². The molecular formula is C22H34N4O2. The molecule has 0 saturated carbocycles. The molecule has 28 heavy (non-hydrogen) atoms. The van der Waals surface area contributed by atoms with Gasteiger partial charge in [-0.15, -0.1) is 0 Å². The van der Waals surface area contributed by atoms with Crippen LogP contribution in [-0.4, -0.2) is 66.9 Å². The lowest BCUT2D eigenvalue weighted by molar-refractivity contribution is -0.132. The smallest absolute Gasteiger partial charge is 0.224 e. The molecule has 1 atom stereocenters. The van der Waals surface area contributed by atoms with Gasteiger partial charge in [-0.3, -0.25) is 14.5 Å². The van der Waals surface area contributed by atoms with Gasteiger partial charge in [0.05, 0.1) is 5.92 Å². The standard InChI is InChI=1S/C22H34N4O2/c23-12-8-21(27)25-15-10-20(11-16-25)26-14-4-7-19(17-26)22(28)24-13-9-18-5-2-1-3-6-18/h1-3,5-6,19-20H,4,7-17,23H2,(H,24,28)/t19-/m1/s1. The van der Waals surface area contributed by atoms with Gasteiger partial charge in [0.15, 0.2) is 0 Å². The van der Waals surface area contributed by atoms with E-state index in [1.54, 1.807) is 0 Å². The monoisotopic (exact) mass is 386 g/mol. The van der Waals surface area contributed by atoms with Crippen molar-refractivity contribution in [2.75, 3.05) is 39.3 Å². The highest BCUT2D eigenvalue weighted by Gasteiger charge is 2.32. The van der Waals surface area contributed by atoms with Gasteiger partial charge in [-0.2, -0.15) is 0 Å². The molecular weight excluding hydrogens is 352 g/mol. The lowest BCUT2D eigenvalue weighted by Gasteiger charge is -2.42. The number of hydrogen-bond acceptors (Lipinski definition) is 4. The molecule has 6 heteroatoms. The summed E-state index contributed by atoms with van der Waals surface area (Å²) in [6.07, 6.45) is 5.36. The van der Waals surface area contributed by atoms with Crippen molar-refractivity contribution in [3.05, 3.63) is 35.9 Å². The topological polar surface area (TPSA) is 78.7 Å². The zero-order chi connectivity index (χ0) is 19.8. The molecule has 1 aromatic carbocycles. The van der Waals surface area contributed by atoms with E-state index in [0.29, 0.717) is 25.6 Å². The summed E-state index contributed by atoms with van der Waals surface area (Å²) in [6.45, 7) is 4.66. The van der Waals surface area contributed by atoms with Crippen molar-refractivity contribution in [3.8, 4) is 0 Å². The van der Waals surface area contributed by atoms with E-state index < -0.39 is 0 Å². The zero-order valence-electron chi connectivity index (χ0n) is 16.8. The Morgan fingerprint density at radius 1 is 1.07 bits per heavy atom. The second-order valence-corrected chi connectivity index (χ2v) is 8.01. The summed E-state index contributed by atoms with van der Waals surface area (Å²) in [5.74, 6) is 0.452. The Bertz CT molecular complexity index is 629. The molecule has 154 valence electrons. The van der Waals surface area contributed by atoms with Gasteiger partial charge in [0.25, 0.3) is 0 Å². The van der Waals surface area contributed by atoms with Crippen molar-refractivity contribution in [2.24, 2.45) is 11.7 Å². The number of piperidine rings is 2. The molecule has 6 nitrogen and oxygen atoms in total. The highest BCUT2D eigenvalue weighted by atomic mass is 16.2. The number of carbonyl (C=O) groups is 2. The fraction of sp³-hybridized carbons (Fsp3) is 0.636. The Kier molecular flexibility index (Phi) is 7.86. The van der Waals surface area contributed by atoms with Crippen molar-refractivity contribution in [3.63, 3.8) is 0 Å². The second-order valence-electron chi connectivity index (χ2n) is 8.01. The van der Waals surface area contributed by atoms with Crippen molar-refractivity contribution in [1.82, 2.24) is 15.1 Å². The van der Waals surface area contributed by atoms with Crippen LogP contribution >= 0.6 is 0 Å². The molecule has 3 rings (SSSR count). The largest absolute Gasteiger partial charge is 0.355 e. The Morgan fingerprint density at radius 2 is 1.82 bits per heavy atom. The average molecular weight is 387 g/mol. The molecule has 2 fully saturated rings. The van der Waals surface area contributed by atoms with Crippen LogP contribution in [0.2, 0.25) is 0 Å². The van der Waals surface area contributed by atoms with E-state index >= 15 is 0 Å². The number of amides is 2. The Balaban J connectivity index is 1.41.